The molecule has 0 amide bonds. The Labute approximate surface area is 110 Å². The van der Waals surface area contributed by atoms with Gasteiger partial charge < -0.3 is 10.1 Å². The maximum absolute atomic E-state index is 5.79. The van der Waals surface area contributed by atoms with Crippen molar-refractivity contribution < 1.29 is 4.74 Å². The molecule has 1 heterocycles. The van der Waals surface area contributed by atoms with Crippen molar-refractivity contribution in [3.8, 4) is 0 Å². The molecule has 0 aliphatic heterocycles. The van der Waals surface area contributed by atoms with E-state index >= 15 is 0 Å². The summed E-state index contributed by atoms with van der Waals surface area (Å²) in [6.45, 7) is 8.11. The number of hydrogen-bond acceptors (Lipinski definition) is 3. The predicted molar refractivity (Wildman–Crippen MR) is 73.9 cm³/mol. The second-order valence-electron chi connectivity index (χ2n) is 4.94. The molecule has 0 saturated heterocycles. The van der Waals surface area contributed by atoms with E-state index < -0.39 is 0 Å². The number of aryl methyl sites for hydroxylation is 1. The summed E-state index contributed by atoms with van der Waals surface area (Å²) in [7, 11) is 0. The lowest BCUT2D eigenvalue weighted by Gasteiger charge is -2.30. The third-order valence-corrected chi connectivity index (χ3v) is 3.81. The second-order valence-corrected chi connectivity index (χ2v) is 4.94. The Morgan fingerprint density at radius 1 is 1.50 bits per heavy atom. The molecule has 1 aromatic heterocycles. The van der Waals surface area contributed by atoms with Crippen LogP contribution in [-0.4, -0.2) is 30.3 Å². The number of fused-ring (bicyclic) bond motifs is 1. The van der Waals surface area contributed by atoms with E-state index in [0.717, 1.165) is 19.6 Å². The van der Waals surface area contributed by atoms with Crippen LogP contribution in [0.15, 0.2) is 18.3 Å². The van der Waals surface area contributed by atoms with Crippen LogP contribution in [0.2, 0.25) is 0 Å². The van der Waals surface area contributed by atoms with Crippen LogP contribution in [0.5, 0.6) is 0 Å². The van der Waals surface area contributed by atoms with Gasteiger partial charge in [0.25, 0.3) is 0 Å². The normalized spacial score (nSPS) is 21.6. The quantitative estimate of drug-likeness (QED) is 0.840. The van der Waals surface area contributed by atoms with Crippen molar-refractivity contribution in [1.29, 1.82) is 0 Å². The fourth-order valence-electron chi connectivity index (χ4n) is 3.03. The number of hydrogen-bond donors (Lipinski definition) is 1. The average molecular weight is 248 g/mol. The zero-order valence-electron chi connectivity index (χ0n) is 11.6. The minimum atomic E-state index is 0.230. The van der Waals surface area contributed by atoms with Crippen molar-refractivity contribution in [2.75, 3.05) is 13.2 Å². The van der Waals surface area contributed by atoms with Gasteiger partial charge in [-0.1, -0.05) is 13.0 Å². The van der Waals surface area contributed by atoms with E-state index in [1.165, 1.54) is 17.7 Å². The number of ether oxygens (including phenoxy) is 1. The van der Waals surface area contributed by atoms with Gasteiger partial charge in [-0.2, -0.15) is 0 Å². The zero-order valence-corrected chi connectivity index (χ0v) is 11.6. The van der Waals surface area contributed by atoms with Crippen molar-refractivity contribution in [2.24, 2.45) is 0 Å². The van der Waals surface area contributed by atoms with E-state index in [0.29, 0.717) is 12.0 Å². The largest absolute Gasteiger partial charge is 0.377 e. The maximum atomic E-state index is 5.79. The number of likely N-dealkylation sites (N-methyl/N-ethyl adjacent to an activating group) is 1. The summed E-state index contributed by atoms with van der Waals surface area (Å²) < 4.78 is 5.79. The van der Waals surface area contributed by atoms with Crippen molar-refractivity contribution in [3.63, 3.8) is 0 Å². The first-order valence-electron chi connectivity index (χ1n) is 7.06. The smallest absolute Gasteiger partial charge is 0.0706 e. The molecular weight excluding hydrogens is 224 g/mol. The van der Waals surface area contributed by atoms with Crippen molar-refractivity contribution in [1.82, 2.24) is 10.3 Å². The summed E-state index contributed by atoms with van der Waals surface area (Å²) in [6, 6.07) is 4.61. The standard InChI is InChI=1S/C15H24N2O/c1-4-16-14(11(3)18-5-2)13-9-8-12-7-6-10-17-15(12)13/h6-7,10-11,13-14,16H,4-5,8-9H2,1-3H3. The number of pyridine rings is 1. The van der Waals surface area contributed by atoms with E-state index in [9.17, 15) is 0 Å². The third-order valence-electron chi connectivity index (χ3n) is 3.81. The molecule has 18 heavy (non-hydrogen) atoms. The Kier molecular flexibility index (Phi) is 4.72. The highest BCUT2D eigenvalue weighted by Gasteiger charge is 2.33. The highest BCUT2D eigenvalue weighted by Crippen LogP contribution is 2.35. The van der Waals surface area contributed by atoms with E-state index in [-0.39, 0.29) is 6.10 Å². The topological polar surface area (TPSA) is 34.1 Å². The molecule has 100 valence electrons. The number of nitrogens with zero attached hydrogens (tertiary/aromatic N) is 1. The number of rotatable bonds is 6. The van der Waals surface area contributed by atoms with Gasteiger partial charge in [0.1, 0.15) is 0 Å². The van der Waals surface area contributed by atoms with Crippen LogP contribution in [0.3, 0.4) is 0 Å². The predicted octanol–water partition coefficient (Wildman–Crippen LogP) is 2.51. The summed E-state index contributed by atoms with van der Waals surface area (Å²) >= 11 is 0. The molecule has 3 unspecified atom stereocenters. The SMILES string of the molecule is CCNC(C(C)OCC)C1CCc2cccnc21. The lowest BCUT2D eigenvalue weighted by molar-refractivity contribution is 0.0399. The Hall–Kier alpha value is -0.930. The van der Waals surface area contributed by atoms with Crippen LogP contribution in [0.1, 0.15) is 44.4 Å². The third kappa shape index (κ3) is 2.73. The molecule has 3 heteroatoms. The molecular formula is C15H24N2O. The molecule has 0 saturated carbocycles. The molecule has 0 bridgehead atoms. The van der Waals surface area contributed by atoms with E-state index in [4.69, 9.17) is 4.74 Å². The summed E-state index contributed by atoms with van der Waals surface area (Å²) in [5.41, 5.74) is 2.68. The molecule has 0 spiro atoms. The van der Waals surface area contributed by atoms with E-state index in [1.54, 1.807) is 0 Å². The van der Waals surface area contributed by atoms with Crippen LogP contribution in [0, 0.1) is 0 Å². The Bertz CT molecular complexity index is 381. The highest BCUT2D eigenvalue weighted by atomic mass is 16.5. The van der Waals surface area contributed by atoms with Crippen molar-refractivity contribution in [2.45, 2.75) is 51.7 Å². The van der Waals surface area contributed by atoms with Crippen LogP contribution < -0.4 is 5.32 Å². The van der Waals surface area contributed by atoms with E-state index in [1.807, 2.05) is 12.3 Å². The fourth-order valence-corrected chi connectivity index (χ4v) is 3.03. The molecule has 0 aromatic carbocycles. The Morgan fingerprint density at radius 3 is 3.06 bits per heavy atom. The maximum Gasteiger partial charge on any atom is 0.0706 e. The average Bonchev–Trinajstić information content (AvgIpc) is 2.80. The summed E-state index contributed by atoms with van der Waals surface area (Å²) in [5.74, 6) is 0.489. The summed E-state index contributed by atoms with van der Waals surface area (Å²) in [6.07, 6.45) is 4.47. The molecule has 1 N–H and O–H groups in total. The van der Waals surface area contributed by atoms with Crippen molar-refractivity contribution in [3.05, 3.63) is 29.6 Å². The van der Waals surface area contributed by atoms with Gasteiger partial charge in [0.2, 0.25) is 0 Å². The minimum absolute atomic E-state index is 0.230. The zero-order chi connectivity index (χ0) is 13.0. The number of nitrogens with one attached hydrogen (secondary N) is 1. The number of aromatic nitrogens is 1. The van der Waals surface area contributed by atoms with Gasteiger partial charge in [-0.25, -0.2) is 0 Å². The molecule has 1 aromatic rings. The lowest BCUT2D eigenvalue weighted by Crippen LogP contribution is -2.44. The molecule has 3 nitrogen and oxygen atoms in total. The van der Waals surface area contributed by atoms with Gasteiger partial charge in [-0.05, 0) is 44.9 Å². The molecule has 0 fully saturated rings. The van der Waals surface area contributed by atoms with Gasteiger partial charge in [-0.3, -0.25) is 4.98 Å². The summed E-state index contributed by atoms with van der Waals surface area (Å²) in [4.78, 5) is 4.59. The van der Waals surface area contributed by atoms with Gasteiger partial charge in [0.05, 0.1) is 6.10 Å². The van der Waals surface area contributed by atoms with Gasteiger partial charge in [-0.15, -0.1) is 0 Å². The van der Waals surface area contributed by atoms with Crippen LogP contribution >= 0.6 is 0 Å². The van der Waals surface area contributed by atoms with Crippen LogP contribution in [0.25, 0.3) is 0 Å². The summed E-state index contributed by atoms with van der Waals surface area (Å²) in [5, 5.41) is 3.59. The fraction of sp³-hybridized carbons (Fsp3) is 0.667. The minimum Gasteiger partial charge on any atom is -0.377 e. The Morgan fingerprint density at radius 2 is 2.33 bits per heavy atom. The molecule has 1 aliphatic carbocycles. The first-order valence-corrected chi connectivity index (χ1v) is 7.06. The first-order chi connectivity index (χ1) is 8.77. The van der Waals surface area contributed by atoms with Gasteiger partial charge >= 0.3 is 0 Å². The molecule has 1 aliphatic rings. The van der Waals surface area contributed by atoms with Gasteiger partial charge in [0, 0.05) is 30.5 Å². The Balaban J connectivity index is 2.17. The monoisotopic (exact) mass is 248 g/mol. The lowest BCUT2D eigenvalue weighted by atomic mass is 9.93. The van der Waals surface area contributed by atoms with E-state index in [2.05, 4.69) is 37.1 Å². The van der Waals surface area contributed by atoms with Crippen LogP contribution in [-0.2, 0) is 11.2 Å². The van der Waals surface area contributed by atoms with Crippen molar-refractivity contribution >= 4 is 0 Å². The molecule has 0 radical (unpaired) electrons. The molecule has 2 rings (SSSR count). The second kappa shape index (κ2) is 6.30. The first kappa shape index (κ1) is 13.5. The van der Waals surface area contributed by atoms with Gasteiger partial charge in [0.15, 0.2) is 0 Å². The van der Waals surface area contributed by atoms with Crippen LogP contribution in [0.4, 0.5) is 0 Å². The molecule has 3 atom stereocenters. The highest BCUT2D eigenvalue weighted by molar-refractivity contribution is 5.30.